The fourth-order valence-electron chi connectivity index (χ4n) is 2.60. The van der Waals surface area contributed by atoms with Crippen molar-refractivity contribution in [1.29, 1.82) is 0 Å². The van der Waals surface area contributed by atoms with Crippen LogP contribution in [0.1, 0.15) is 31.7 Å². The van der Waals surface area contributed by atoms with E-state index in [1.807, 2.05) is 12.1 Å². The summed E-state index contributed by atoms with van der Waals surface area (Å²) in [7, 11) is 0. The molecule has 19 heavy (non-hydrogen) atoms. The van der Waals surface area contributed by atoms with Crippen LogP contribution >= 0.6 is 27.5 Å². The predicted molar refractivity (Wildman–Crippen MR) is 85.7 cm³/mol. The molecule has 0 aliphatic carbocycles. The highest BCUT2D eigenvalue weighted by Crippen LogP contribution is 2.19. The summed E-state index contributed by atoms with van der Waals surface area (Å²) in [5.41, 5.74) is 1.23. The number of piperidine rings is 1. The van der Waals surface area contributed by atoms with Crippen molar-refractivity contribution in [2.45, 2.75) is 38.8 Å². The van der Waals surface area contributed by atoms with Gasteiger partial charge in [-0.3, -0.25) is 0 Å². The van der Waals surface area contributed by atoms with Crippen molar-refractivity contribution in [3.05, 3.63) is 33.3 Å². The molecule has 0 saturated carbocycles. The Labute approximate surface area is 129 Å². The van der Waals surface area contributed by atoms with Crippen molar-refractivity contribution in [2.24, 2.45) is 0 Å². The van der Waals surface area contributed by atoms with Crippen molar-refractivity contribution in [1.82, 2.24) is 10.2 Å². The van der Waals surface area contributed by atoms with E-state index in [1.165, 1.54) is 37.9 Å². The van der Waals surface area contributed by atoms with Gasteiger partial charge in [0.15, 0.2) is 0 Å². The molecule has 1 aromatic carbocycles. The number of hydrogen-bond acceptors (Lipinski definition) is 2. The van der Waals surface area contributed by atoms with Crippen molar-refractivity contribution in [3.63, 3.8) is 0 Å². The van der Waals surface area contributed by atoms with Crippen LogP contribution in [0.4, 0.5) is 0 Å². The maximum atomic E-state index is 6.06. The zero-order chi connectivity index (χ0) is 13.7. The minimum absolute atomic E-state index is 0.510. The molecule has 1 atom stereocenters. The molecule has 2 nitrogen and oxygen atoms in total. The second-order valence-corrected chi connectivity index (χ2v) is 6.77. The standard InChI is InChI=1S/C15H22BrClN2/c1-12(11-19-5-3-2-4-6-19)18-10-13-7-14(16)9-15(17)8-13/h7-9,12,18H,2-6,10-11H2,1H3. The van der Waals surface area contributed by atoms with E-state index in [1.54, 1.807) is 0 Å². The molecule has 1 aliphatic rings. The number of nitrogens with one attached hydrogen (secondary N) is 1. The van der Waals surface area contributed by atoms with Crippen LogP contribution < -0.4 is 5.32 Å². The molecule has 0 radical (unpaired) electrons. The number of likely N-dealkylation sites (tertiary alicyclic amines) is 1. The van der Waals surface area contributed by atoms with Crippen LogP contribution in [0.3, 0.4) is 0 Å². The molecule has 1 aromatic rings. The summed E-state index contributed by atoms with van der Waals surface area (Å²) in [6.45, 7) is 6.79. The van der Waals surface area contributed by atoms with Gasteiger partial charge in [-0.2, -0.15) is 0 Å². The smallest absolute Gasteiger partial charge is 0.0420 e. The maximum absolute atomic E-state index is 6.06. The lowest BCUT2D eigenvalue weighted by Crippen LogP contribution is -2.41. The minimum atomic E-state index is 0.510. The average Bonchev–Trinajstić information content (AvgIpc) is 2.36. The minimum Gasteiger partial charge on any atom is -0.309 e. The number of nitrogens with zero attached hydrogens (tertiary/aromatic N) is 1. The Morgan fingerprint density at radius 3 is 2.68 bits per heavy atom. The highest BCUT2D eigenvalue weighted by molar-refractivity contribution is 9.10. The molecule has 1 aliphatic heterocycles. The first-order valence-electron chi connectivity index (χ1n) is 7.04. The van der Waals surface area contributed by atoms with Crippen molar-refractivity contribution >= 4 is 27.5 Å². The second-order valence-electron chi connectivity index (χ2n) is 5.42. The van der Waals surface area contributed by atoms with Crippen LogP contribution in [0.15, 0.2) is 22.7 Å². The maximum Gasteiger partial charge on any atom is 0.0420 e. The van der Waals surface area contributed by atoms with Gasteiger partial charge in [-0.15, -0.1) is 0 Å². The van der Waals surface area contributed by atoms with E-state index in [0.29, 0.717) is 6.04 Å². The normalized spacial score (nSPS) is 18.5. The summed E-state index contributed by atoms with van der Waals surface area (Å²) < 4.78 is 1.04. The lowest BCUT2D eigenvalue weighted by Gasteiger charge is -2.29. The van der Waals surface area contributed by atoms with Gasteiger partial charge in [0.25, 0.3) is 0 Å². The van der Waals surface area contributed by atoms with Gasteiger partial charge in [0.2, 0.25) is 0 Å². The number of halogens is 2. The highest BCUT2D eigenvalue weighted by atomic mass is 79.9. The Morgan fingerprint density at radius 1 is 1.26 bits per heavy atom. The van der Waals surface area contributed by atoms with Crippen molar-refractivity contribution in [3.8, 4) is 0 Å². The summed E-state index contributed by atoms with van der Waals surface area (Å²) in [5.74, 6) is 0. The summed E-state index contributed by atoms with van der Waals surface area (Å²) in [6.07, 6.45) is 4.11. The summed E-state index contributed by atoms with van der Waals surface area (Å²) in [6, 6.07) is 6.57. The van der Waals surface area contributed by atoms with E-state index in [-0.39, 0.29) is 0 Å². The van der Waals surface area contributed by atoms with Crippen LogP contribution in [-0.4, -0.2) is 30.6 Å². The van der Waals surface area contributed by atoms with Gasteiger partial charge >= 0.3 is 0 Å². The SMILES string of the molecule is CC(CN1CCCCC1)NCc1cc(Cl)cc(Br)c1. The van der Waals surface area contributed by atoms with Gasteiger partial charge < -0.3 is 10.2 Å². The van der Waals surface area contributed by atoms with E-state index in [2.05, 4.69) is 39.1 Å². The van der Waals surface area contributed by atoms with E-state index in [0.717, 1.165) is 22.6 Å². The molecule has 2 rings (SSSR count). The first-order chi connectivity index (χ1) is 9.13. The molecule has 106 valence electrons. The number of hydrogen-bond donors (Lipinski definition) is 1. The van der Waals surface area contributed by atoms with Gasteiger partial charge in [0.1, 0.15) is 0 Å². The van der Waals surface area contributed by atoms with Gasteiger partial charge in [0.05, 0.1) is 0 Å². The molecule has 4 heteroatoms. The fourth-order valence-corrected chi connectivity index (χ4v) is 3.53. The van der Waals surface area contributed by atoms with Crippen LogP contribution in [0.2, 0.25) is 5.02 Å². The molecule has 0 bridgehead atoms. The zero-order valence-electron chi connectivity index (χ0n) is 11.5. The largest absolute Gasteiger partial charge is 0.309 e. The molecular formula is C15H22BrClN2. The Morgan fingerprint density at radius 2 is 2.00 bits per heavy atom. The predicted octanol–water partition coefficient (Wildman–Crippen LogP) is 4.07. The van der Waals surface area contributed by atoms with E-state index < -0.39 is 0 Å². The average molecular weight is 346 g/mol. The monoisotopic (exact) mass is 344 g/mol. The van der Waals surface area contributed by atoms with Crippen LogP contribution in [0.25, 0.3) is 0 Å². The highest BCUT2D eigenvalue weighted by Gasteiger charge is 2.13. The summed E-state index contributed by atoms with van der Waals surface area (Å²) in [4.78, 5) is 2.56. The van der Waals surface area contributed by atoms with Crippen LogP contribution in [-0.2, 0) is 6.54 Å². The quantitative estimate of drug-likeness (QED) is 0.865. The molecule has 1 fully saturated rings. The van der Waals surface area contributed by atoms with Gasteiger partial charge in [-0.05, 0) is 56.6 Å². The Bertz CT molecular complexity index is 385. The molecular weight excluding hydrogens is 324 g/mol. The molecule has 1 heterocycles. The third kappa shape index (κ3) is 5.42. The molecule has 1 unspecified atom stereocenters. The van der Waals surface area contributed by atoms with Crippen LogP contribution in [0.5, 0.6) is 0 Å². The summed E-state index contributed by atoms with van der Waals surface area (Å²) >= 11 is 9.53. The Hall–Kier alpha value is -0.0900. The lowest BCUT2D eigenvalue weighted by atomic mass is 10.1. The number of benzene rings is 1. The fraction of sp³-hybridized carbons (Fsp3) is 0.600. The van der Waals surface area contributed by atoms with Crippen molar-refractivity contribution < 1.29 is 0 Å². The van der Waals surface area contributed by atoms with Gasteiger partial charge in [0, 0.05) is 28.6 Å². The number of rotatable bonds is 5. The van der Waals surface area contributed by atoms with E-state index in [4.69, 9.17) is 11.6 Å². The topological polar surface area (TPSA) is 15.3 Å². The third-order valence-corrected chi connectivity index (χ3v) is 4.23. The van der Waals surface area contributed by atoms with E-state index in [9.17, 15) is 0 Å². The third-order valence-electron chi connectivity index (χ3n) is 3.56. The Balaban J connectivity index is 1.77. The van der Waals surface area contributed by atoms with Gasteiger partial charge in [-0.25, -0.2) is 0 Å². The van der Waals surface area contributed by atoms with Gasteiger partial charge in [-0.1, -0.05) is 34.0 Å². The van der Waals surface area contributed by atoms with Crippen LogP contribution in [0, 0.1) is 0 Å². The first kappa shape index (κ1) is 15.3. The molecule has 0 amide bonds. The zero-order valence-corrected chi connectivity index (χ0v) is 13.8. The second kappa shape index (κ2) is 7.63. The first-order valence-corrected chi connectivity index (χ1v) is 8.21. The lowest BCUT2D eigenvalue weighted by molar-refractivity contribution is 0.209. The molecule has 1 saturated heterocycles. The van der Waals surface area contributed by atoms with Crippen molar-refractivity contribution in [2.75, 3.05) is 19.6 Å². The van der Waals surface area contributed by atoms with E-state index >= 15 is 0 Å². The molecule has 0 spiro atoms. The summed E-state index contributed by atoms with van der Waals surface area (Å²) in [5, 5.41) is 4.37. The molecule has 1 N–H and O–H groups in total. The molecule has 0 aromatic heterocycles. The Kier molecular flexibility index (Phi) is 6.14.